The summed E-state index contributed by atoms with van der Waals surface area (Å²) >= 11 is 0. The molecule has 0 aromatic heterocycles. The summed E-state index contributed by atoms with van der Waals surface area (Å²) in [6.45, 7) is 3.89. The third kappa shape index (κ3) is 5.81. The quantitative estimate of drug-likeness (QED) is 0.447. The second-order valence-corrected chi connectivity index (χ2v) is 6.63. The van der Waals surface area contributed by atoms with E-state index in [0.29, 0.717) is 35.3 Å². The highest BCUT2D eigenvalue weighted by molar-refractivity contribution is 5.90. The van der Waals surface area contributed by atoms with Crippen LogP contribution in [0.3, 0.4) is 0 Å². The van der Waals surface area contributed by atoms with Crippen LogP contribution >= 0.6 is 0 Å². The Morgan fingerprint density at radius 3 is 1.81 bits per heavy atom. The molecule has 0 saturated heterocycles. The molecule has 0 amide bonds. The first-order valence-electron chi connectivity index (χ1n) is 8.38. The average Bonchev–Trinajstić information content (AvgIpc) is 2.59. The van der Waals surface area contributed by atoms with E-state index in [-0.39, 0.29) is 6.61 Å². The average molecular weight is 356 g/mol. The van der Waals surface area contributed by atoms with Gasteiger partial charge in [-0.05, 0) is 75.2 Å². The van der Waals surface area contributed by atoms with Gasteiger partial charge in [0.25, 0.3) is 0 Å². The second kappa shape index (κ2) is 8.38. The molecule has 0 heterocycles. The number of esters is 2. The lowest BCUT2D eigenvalue weighted by molar-refractivity contribution is -0.00844. The van der Waals surface area contributed by atoms with Crippen molar-refractivity contribution in [3.8, 4) is 0 Å². The molecular weight excluding hydrogens is 332 g/mol. The number of hydrogen-bond donors (Lipinski definition) is 2. The zero-order valence-electron chi connectivity index (χ0n) is 15.0. The molecule has 0 atom stereocenters. The van der Waals surface area contributed by atoms with Crippen molar-refractivity contribution in [2.45, 2.75) is 32.3 Å². The highest BCUT2D eigenvalue weighted by Crippen LogP contribution is 2.20. The molecule has 0 bridgehead atoms. The van der Waals surface area contributed by atoms with E-state index in [1.54, 1.807) is 48.5 Å². The van der Waals surface area contributed by atoms with E-state index in [2.05, 4.69) is 0 Å². The monoisotopic (exact) mass is 356 g/mol. The van der Waals surface area contributed by atoms with Gasteiger partial charge in [0.2, 0.25) is 0 Å². The van der Waals surface area contributed by atoms with Gasteiger partial charge >= 0.3 is 11.9 Å². The Hall–Kier alpha value is -3.02. The minimum Gasteiger partial charge on any atom is -0.462 e. The molecule has 0 aliphatic rings. The van der Waals surface area contributed by atoms with Crippen molar-refractivity contribution in [1.29, 1.82) is 0 Å². The molecule has 0 fully saturated rings. The highest BCUT2D eigenvalue weighted by Gasteiger charge is 2.23. The van der Waals surface area contributed by atoms with E-state index < -0.39 is 17.5 Å². The van der Waals surface area contributed by atoms with Crippen LogP contribution in [-0.4, -0.2) is 24.1 Å². The number of hydrogen-bond acceptors (Lipinski definition) is 6. The fraction of sp³-hybridized carbons (Fsp3) is 0.300. The Kier molecular flexibility index (Phi) is 6.22. The lowest BCUT2D eigenvalue weighted by atomic mass is 10.0. The van der Waals surface area contributed by atoms with Gasteiger partial charge in [-0.15, -0.1) is 0 Å². The fourth-order valence-electron chi connectivity index (χ4n) is 2.35. The van der Waals surface area contributed by atoms with E-state index in [9.17, 15) is 9.59 Å². The first-order valence-corrected chi connectivity index (χ1v) is 8.38. The first kappa shape index (κ1) is 19.3. The van der Waals surface area contributed by atoms with Gasteiger partial charge in [-0.3, -0.25) is 0 Å². The maximum Gasteiger partial charge on any atom is 0.338 e. The molecule has 0 aliphatic carbocycles. The molecule has 138 valence electrons. The van der Waals surface area contributed by atoms with Crippen molar-refractivity contribution in [3.63, 3.8) is 0 Å². The van der Waals surface area contributed by atoms with Crippen LogP contribution in [0.2, 0.25) is 0 Å². The molecule has 0 aliphatic heterocycles. The Bertz CT molecular complexity index is 752. The molecule has 6 heteroatoms. The summed E-state index contributed by atoms with van der Waals surface area (Å²) < 4.78 is 10.8. The molecule has 4 N–H and O–H groups in total. The minimum atomic E-state index is -0.675. The van der Waals surface area contributed by atoms with Gasteiger partial charge in [0, 0.05) is 11.4 Å². The Labute approximate surface area is 153 Å². The predicted molar refractivity (Wildman–Crippen MR) is 101 cm³/mol. The van der Waals surface area contributed by atoms with Crippen LogP contribution in [0.25, 0.3) is 0 Å². The summed E-state index contributed by atoms with van der Waals surface area (Å²) in [5, 5.41) is 0. The second-order valence-electron chi connectivity index (χ2n) is 6.63. The van der Waals surface area contributed by atoms with Crippen molar-refractivity contribution in [2.24, 2.45) is 0 Å². The Morgan fingerprint density at radius 2 is 1.31 bits per heavy atom. The van der Waals surface area contributed by atoms with Crippen molar-refractivity contribution in [2.75, 3.05) is 18.1 Å². The van der Waals surface area contributed by atoms with Crippen LogP contribution in [0.15, 0.2) is 48.5 Å². The van der Waals surface area contributed by atoms with E-state index in [1.165, 1.54) is 0 Å². The molecule has 2 aromatic rings. The van der Waals surface area contributed by atoms with Gasteiger partial charge in [0.1, 0.15) is 5.60 Å². The number of benzene rings is 2. The van der Waals surface area contributed by atoms with Crippen LogP contribution in [0.1, 0.15) is 47.4 Å². The van der Waals surface area contributed by atoms with Gasteiger partial charge in [-0.25, -0.2) is 9.59 Å². The third-order valence-electron chi connectivity index (χ3n) is 3.82. The summed E-state index contributed by atoms with van der Waals surface area (Å²) in [6, 6.07) is 13.1. The van der Waals surface area contributed by atoms with E-state index >= 15 is 0 Å². The number of nitrogen functional groups attached to an aromatic ring is 2. The standard InChI is InChI=1S/C20H24N2O4/c1-20(2,26-19(24)15-6-10-17(22)11-7-15)12-3-13-25-18(23)14-4-8-16(21)9-5-14/h4-11H,3,12-13,21-22H2,1-2H3. The highest BCUT2D eigenvalue weighted by atomic mass is 16.6. The Morgan fingerprint density at radius 1 is 0.846 bits per heavy atom. The van der Waals surface area contributed by atoms with Gasteiger partial charge in [0.05, 0.1) is 17.7 Å². The topological polar surface area (TPSA) is 105 Å². The van der Waals surface area contributed by atoms with Crippen LogP contribution in [0.4, 0.5) is 11.4 Å². The van der Waals surface area contributed by atoms with Crippen LogP contribution in [0.5, 0.6) is 0 Å². The summed E-state index contributed by atoms with van der Waals surface area (Å²) in [7, 11) is 0. The zero-order chi connectivity index (χ0) is 19.2. The molecule has 2 aromatic carbocycles. The summed E-state index contributed by atoms with van der Waals surface area (Å²) in [5.41, 5.74) is 12.6. The van der Waals surface area contributed by atoms with E-state index in [1.807, 2.05) is 13.8 Å². The lowest BCUT2D eigenvalue weighted by Gasteiger charge is -2.25. The van der Waals surface area contributed by atoms with E-state index in [4.69, 9.17) is 20.9 Å². The maximum absolute atomic E-state index is 12.2. The normalized spacial score (nSPS) is 11.0. The lowest BCUT2D eigenvalue weighted by Crippen LogP contribution is -2.28. The van der Waals surface area contributed by atoms with Gasteiger partial charge in [-0.1, -0.05) is 0 Å². The maximum atomic E-state index is 12.2. The first-order chi connectivity index (χ1) is 12.3. The van der Waals surface area contributed by atoms with Gasteiger partial charge in [0.15, 0.2) is 0 Å². The van der Waals surface area contributed by atoms with Crippen molar-refractivity contribution in [1.82, 2.24) is 0 Å². The molecule has 26 heavy (non-hydrogen) atoms. The van der Waals surface area contributed by atoms with Gasteiger partial charge < -0.3 is 20.9 Å². The number of carbonyl (C=O) groups excluding carboxylic acids is 2. The van der Waals surface area contributed by atoms with Crippen molar-refractivity contribution < 1.29 is 19.1 Å². The van der Waals surface area contributed by atoms with E-state index in [0.717, 1.165) is 0 Å². The minimum absolute atomic E-state index is 0.242. The molecule has 2 rings (SSSR count). The molecule has 6 nitrogen and oxygen atoms in total. The van der Waals surface area contributed by atoms with Crippen molar-refractivity contribution in [3.05, 3.63) is 59.7 Å². The molecule has 0 radical (unpaired) electrons. The summed E-state index contributed by atoms with van der Waals surface area (Å²) in [5.74, 6) is -0.810. The molecule has 0 spiro atoms. The smallest absolute Gasteiger partial charge is 0.338 e. The summed E-state index contributed by atoms with van der Waals surface area (Å²) in [6.07, 6.45) is 1.13. The van der Waals surface area contributed by atoms with Crippen LogP contribution in [-0.2, 0) is 9.47 Å². The third-order valence-corrected chi connectivity index (χ3v) is 3.82. The molecule has 0 saturated carbocycles. The van der Waals surface area contributed by atoms with Crippen LogP contribution < -0.4 is 11.5 Å². The fourth-order valence-corrected chi connectivity index (χ4v) is 2.35. The summed E-state index contributed by atoms with van der Waals surface area (Å²) in [4.78, 5) is 24.1. The number of nitrogens with two attached hydrogens (primary N) is 2. The predicted octanol–water partition coefficient (Wildman–Crippen LogP) is 3.42. The number of anilines is 2. The number of ether oxygens (including phenoxy) is 2. The van der Waals surface area contributed by atoms with Crippen LogP contribution in [0, 0.1) is 0 Å². The molecular formula is C20H24N2O4. The largest absolute Gasteiger partial charge is 0.462 e. The van der Waals surface area contributed by atoms with Gasteiger partial charge in [-0.2, -0.15) is 0 Å². The SMILES string of the molecule is CC(C)(CCCOC(=O)c1ccc(N)cc1)OC(=O)c1ccc(N)cc1. The number of rotatable bonds is 7. The molecule has 0 unspecified atom stereocenters. The number of carbonyl (C=O) groups is 2. The van der Waals surface area contributed by atoms with Crippen molar-refractivity contribution >= 4 is 23.3 Å². The zero-order valence-corrected chi connectivity index (χ0v) is 15.0. The Balaban J connectivity index is 1.76.